The predicted octanol–water partition coefficient (Wildman–Crippen LogP) is 3.14. The summed E-state index contributed by atoms with van der Waals surface area (Å²) in [6.07, 6.45) is 2.11. The molecule has 0 unspecified atom stereocenters. The van der Waals surface area contributed by atoms with Crippen molar-refractivity contribution >= 4 is 11.5 Å². The standard InChI is InChI=1S/C19H25N3O3/c1-13(14-6-8-15(24-5)9-7-14)12-17(23)20-11-10-16-21-18(25-22-16)19(2,3)4/h6-9,12H,10-11H2,1-5H3,(H,20,23)/b13-12+. The number of aromatic nitrogens is 2. The molecule has 6 nitrogen and oxygen atoms in total. The highest BCUT2D eigenvalue weighted by molar-refractivity contribution is 5.94. The lowest BCUT2D eigenvalue weighted by Crippen LogP contribution is -2.24. The van der Waals surface area contributed by atoms with E-state index in [0.717, 1.165) is 16.9 Å². The van der Waals surface area contributed by atoms with E-state index in [1.54, 1.807) is 13.2 Å². The zero-order valence-electron chi connectivity index (χ0n) is 15.4. The highest BCUT2D eigenvalue weighted by Crippen LogP contribution is 2.20. The van der Waals surface area contributed by atoms with Gasteiger partial charge in [0, 0.05) is 24.5 Å². The second-order valence-corrected chi connectivity index (χ2v) is 6.86. The molecule has 1 aromatic heterocycles. The molecule has 1 N–H and O–H groups in total. The third-order valence-corrected chi connectivity index (χ3v) is 3.65. The Morgan fingerprint density at radius 2 is 1.96 bits per heavy atom. The number of ether oxygens (including phenoxy) is 1. The number of nitrogens with zero attached hydrogens (tertiary/aromatic N) is 2. The normalized spacial score (nSPS) is 12.1. The fourth-order valence-corrected chi connectivity index (χ4v) is 2.14. The van der Waals surface area contributed by atoms with Crippen molar-refractivity contribution in [2.75, 3.05) is 13.7 Å². The van der Waals surface area contributed by atoms with Crippen LogP contribution in [0.25, 0.3) is 5.57 Å². The smallest absolute Gasteiger partial charge is 0.244 e. The fourth-order valence-electron chi connectivity index (χ4n) is 2.14. The molecule has 6 heteroatoms. The maximum absolute atomic E-state index is 12.0. The minimum atomic E-state index is -0.174. The third kappa shape index (κ3) is 5.45. The monoisotopic (exact) mass is 343 g/mol. The second-order valence-electron chi connectivity index (χ2n) is 6.86. The number of allylic oxidation sites excluding steroid dienone is 1. The van der Waals surface area contributed by atoms with Gasteiger partial charge < -0.3 is 14.6 Å². The van der Waals surface area contributed by atoms with Crippen molar-refractivity contribution < 1.29 is 14.1 Å². The van der Waals surface area contributed by atoms with Gasteiger partial charge in [-0.3, -0.25) is 4.79 Å². The molecule has 2 aromatic rings. The molecule has 0 spiro atoms. The van der Waals surface area contributed by atoms with Crippen molar-refractivity contribution in [3.63, 3.8) is 0 Å². The van der Waals surface area contributed by atoms with E-state index in [0.29, 0.717) is 24.7 Å². The van der Waals surface area contributed by atoms with Gasteiger partial charge in [0.05, 0.1) is 7.11 Å². The Bertz CT molecular complexity index is 740. The first-order chi connectivity index (χ1) is 11.8. The Hall–Kier alpha value is -2.63. The van der Waals surface area contributed by atoms with Gasteiger partial charge in [0.1, 0.15) is 5.75 Å². The molecule has 25 heavy (non-hydrogen) atoms. The van der Waals surface area contributed by atoms with Gasteiger partial charge in [-0.15, -0.1) is 0 Å². The molecule has 1 amide bonds. The van der Waals surface area contributed by atoms with Crippen molar-refractivity contribution in [2.24, 2.45) is 0 Å². The number of nitrogens with one attached hydrogen (secondary N) is 1. The van der Waals surface area contributed by atoms with Crippen LogP contribution in [0, 0.1) is 0 Å². The molecule has 0 aliphatic carbocycles. The molecule has 2 rings (SSSR count). The minimum Gasteiger partial charge on any atom is -0.497 e. The van der Waals surface area contributed by atoms with Gasteiger partial charge in [-0.2, -0.15) is 4.98 Å². The number of hydrogen-bond donors (Lipinski definition) is 1. The molecule has 0 radical (unpaired) electrons. The molecule has 0 saturated heterocycles. The maximum atomic E-state index is 12.0. The molecule has 0 saturated carbocycles. The van der Waals surface area contributed by atoms with Gasteiger partial charge in [-0.25, -0.2) is 0 Å². The Kier molecular flexibility index (Phi) is 5.96. The first-order valence-electron chi connectivity index (χ1n) is 8.23. The number of amides is 1. The van der Waals surface area contributed by atoms with E-state index in [1.165, 1.54) is 0 Å². The Morgan fingerprint density at radius 3 is 2.52 bits per heavy atom. The lowest BCUT2D eigenvalue weighted by molar-refractivity contribution is -0.116. The van der Waals surface area contributed by atoms with Crippen molar-refractivity contribution in [1.82, 2.24) is 15.5 Å². The average Bonchev–Trinajstić information content (AvgIpc) is 3.04. The molecule has 0 fully saturated rings. The average molecular weight is 343 g/mol. The van der Waals surface area contributed by atoms with Gasteiger partial charge in [0.2, 0.25) is 11.8 Å². The third-order valence-electron chi connectivity index (χ3n) is 3.65. The highest BCUT2D eigenvalue weighted by atomic mass is 16.5. The second kappa shape index (κ2) is 7.96. The summed E-state index contributed by atoms with van der Waals surface area (Å²) in [5.41, 5.74) is 1.69. The lowest BCUT2D eigenvalue weighted by atomic mass is 9.97. The van der Waals surface area contributed by atoms with Crippen molar-refractivity contribution in [2.45, 2.75) is 39.5 Å². The summed E-state index contributed by atoms with van der Waals surface area (Å²) in [7, 11) is 1.62. The summed E-state index contributed by atoms with van der Waals surface area (Å²) in [6.45, 7) is 8.39. The van der Waals surface area contributed by atoms with Crippen LogP contribution in [0.1, 0.15) is 45.0 Å². The zero-order valence-corrected chi connectivity index (χ0v) is 15.4. The van der Waals surface area contributed by atoms with Crippen molar-refractivity contribution in [3.05, 3.63) is 47.6 Å². The van der Waals surface area contributed by atoms with Crippen LogP contribution >= 0.6 is 0 Å². The zero-order chi connectivity index (χ0) is 18.4. The van der Waals surface area contributed by atoms with E-state index in [-0.39, 0.29) is 11.3 Å². The van der Waals surface area contributed by atoms with E-state index in [1.807, 2.05) is 52.0 Å². The van der Waals surface area contributed by atoms with Gasteiger partial charge in [0.15, 0.2) is 5.82 Å². The number of carbonyl (C=O) groups is 1. The van der Waals surface area contributed by atoms with Crippen molar-refractivity contribution in [3.8, 4) is 5.75 Å². The van der Waals surface area contributed by atoms with Crippen LogP contribution in [0.5, 0.6) is 5.75 Å². The molecular weight excluding hydrogens is 318 g/mol. The quantitative estimate of drug-likeness (QED) is 0.815. The van der Waals surface area contributed by atoms with Crippen LogP contribution in [-0.4, -0.2) is 29.7 Å². The molecule has 0 aliphatic rings. The van der Waals surface area contributed by atoms with Gasteiger partial charge in [-0.05, 0) is 30.2 Å². The molecule has 134 valence electrons. The van der Waals surface area contributed by atoms with Gasteiger partial charge in [-0.1, -0.05) is 38.1 Å². The number of rotatable bonds is 6. The first kappa shape index (κ1) is 18.7. The van der Waals surface area contributed by atoms with Gasteiger partial charge >= 0.3 is 0 Å². The molecule has 1 aromatic carbocycles. The van der Waals surface area contributed by atoms with E-state index in [9.17, 15) is 4.79 Å². The largest absolute Gasteiger partial charge is 0.497 e. The van der Waals surface area contributed by atoms with E-state index >= 15 is 0 Å². The SMILES string of the molecule is COc1ccc(/C(C)=C/C(=O)NCCc2noc(C(C)(C)C)n2)cc1. The molecule has 1 heterocycles. The van der Waals surface area contributed by atoms with E-state index in [4.69, 9.17) is 9.26 Å². The van der Waals surface area contributed by atoms with Crippen LogP contribution in [0.2, 0.25) is 0 Å². The van der Waals surface area contributed by atoms with Crippen LogP contribution in [0.15, 0.2) is 34.9 Å². The highest BCUT2D eigenvalue weighted by Gasteiger charge is 2.21. The summed E-state index contributed by atoms with van der Waals surface area (Å²) < 4.78 is 10.4. The summed E-state index contributed by atoms with van der Waals surface area (Å²) in [4.78, 5) is 16.4. The topological polar surface area (TPSA) is 77.2 Å². The fraction of sp³-hybridized carbons (Fsp3) is 0.421. The van der Waals surface area contributed by atoms with Gasteiger partial charge in [0.25, 0.3) is 0 Å². The molecule has 0 bridgehead atoms. The Balaban J connectivity index is 1.86. The molecule has 0 atom stereocenters. The van der Waals surface area contributed by atoms with E-state index in [2.05, 4.69) is 15.5 Å². The lowest BCUT2D eigenvalue weighted by Gasteiger charge is -2.10. The van der Waals surface area contributed by atoms with Crippen LogP contribution in [-0.2, 0) is 16.6 Å². The number of hydrogen-bond acceptors (Lipinski definition) is 5. The molecular formula is C19H25N3O3. The number of carbonyl (C=O) groups excluding carboxylic acids is 1. The number of methoxy groups -OCH3 is 1. The Labute approximate surface area is 148 Å². The number of benzene rings is 1. The first-order valence-corrected chi connectivity index (χ1v) is 8.23. The van der Waals surface area contributed by atoms with Crippen LogP contribution in [0.4, 0.5) is 0 Å². The summed E-state index contributed by atoms with van der Waals surface area (Å²) in [5.74, 6) is 1.84. The Morgan fingerprint density at radius 1 is 1.28 bits per heavy atom. The van der Waals surface area contributed by atoms with Crippen molar-refractivity contribution in [1.29, 1.82) is 0 Å². The summed E-state index contributed by atoms with van der Waals surface area (Å²) >= 11 is 0. The van der Waals surface area contributed by atoms with Crippen LogP contribution < -0.4 is 10.1 Å². The predicted molar refractivity (Wildman–Crippen MR) is 96.4 cm³/mol. The summed E-state index contributed by atoms with van der Waals surface area (Å²) in [6, 6.07) is 7.58. The maximum Gasteiger partial charge on any atom is 0.244 e. The van der Waals surface area contributed by atoms with Crippen LogP contribution in [0.3, 0.4) is 0 Å². The summed E-state index contributed by atoms with van der Waals surface area (Å²) in [5, 5.41) is 6.78. The minimum absolute atomic E-state index is 0.146. The van der Waals surface area contributed by atoms with E-state index < -0.39 is 0 Å². The molecule has 0 aliphatic heterocycles.